The molecule has 6 heteroatoms. The Bertz CT molecular complexity index is 356. The zero-order valence-corrected chi connectivity index (χ0v) is 12.8. The normalized spacial score (nSPS) is 11.9. The van der Waals surface area contributed by atoms with Crippen molar-refractivity contribution in [2.75, 3.05) is 24.8 Å². The second-order valence-corrected chi connectivity index (χ2v) is 4.71. The van der Waals surface area contributed by atoms with Gasteiger partial charge in [0.05, 0.1) is 0 Å². The monoisotopic (exact) mass is 325 g/mol. The number of alkyl halides is 2. The van der Waals surface area contributed by atoms with Crippen LogP contribution in [0.5, 0.6) is 0 Å². The molecule has 0 amide bonds. The summed E-state index contributed by atoms with van der Waals surface area (Å²) in [4.78, 5) is 13.2. The van der Waals surface area contributed by atoms with Crippen molar-refractivity contribution in [3.05, 3.63) is 35.9 Å². The van der Waals surface area contributed by atoms with Crippen LogP contribution in [0.3, 0.4) is 0 Å². The summed E-state index contributed by atoms with van der Waals surface area (Å²) in [5.41, 5.74) is 0.999. The molecule has 1 aromatic carbocycles. The number of hydrogen-bond acceptors (Lipinski definition) is 2. The Labute approximate surface area is 129 Å². The molecule has 1 unspecified atom stereocenters. The number of carboxylic acids is 1. The summed E-state index contributed by atoms with van der Waals surface area (Å²) < 4.78 is 0. The minimum atomic E-state index is -0.839. The molecule has 19 heavy (non-hydrogen) atoms. The van der Waals surface area contributed by atoms with Crippen LogP contribution in [0, 0.1) is 0 Å². The van der Waals surface area contributed by atoms with Gasteiger partial charge in [-0.05, 0) is 12.0 Å². The number of benzene rings is 1. The van der Waals surface area contributed by atoms with E-state index in [2.05, 4.69) is 0 Å². The van der Waals surface area contributed by atoms with Crippen molar-refractivity contribution in [1.29, 1.82) is 0 Å². The molecule has 0 heterocycles. The molecule has 108 valence electrons. The molecule has 0 bridgehead atoms. The first kappa shape index (κ1) is 18.5. The smallest absolute Gasteiger partial charge is 0.321 e. The van der Waals surface area contributed by atoms with E-state index in [1.165, 1.54) is 0 Å². The number of rotatable bonds is 8. The van der Waals surface area contributed by atoms with E-state index < -0.39 is 12.0 Å². The summed E-state index contributed by atoms with van der Waals surface area (Å²) in [6.45, 7) is 1.05. The highest BCUT2D eigenvalue weighted by molar-refractivity contribution is 6.18. The Morgan fingerprint density at radius 2 is 1.68 bits per heavy atom. The van der Waals surface area contributed by atoms with Crippen molar-refractivity contribution in [2.45, 2.75) is 12.5 Å². The van der Waals surface area contributed by atoms with Crippen molar-refractivity contribution in [1.82, 2.24) is 4.90 Å². The molecule has 0 aromatic heterocycles. The maximum absolute atomic E-state index is 11.4. The minimum absolute atomic E-state index is 0. The average molecular weight is 327 g/mol. The van der Waals surface area contributed by atoms with E-state index >= 15 is 0 Å². The molecule has 0 saturated carbocycles. The summed E-state index contributed by atoms with van der Waals surface area (Å²) in [5, 5.41) is 9.33. The van der Waals surface area contributed by atoms with E-state index in [1.807, 2.05) is 35.2 Å². The van der Waals surface area contributed by atoms with Gasteiger partial charge in [-0.25, -0.2) is 0 Å². The van der Waals surface area contributed by atoms with Crippen LogP contribution in [0.15, 0.2) is 30.3 Å². The average Bonchev–Trinajstić information content (AvgIpc) is 2.37. The highest BCUT2D eigenvalue weighted by Crippen LogP contribution is 2.10. The van der Waals surface area contributed by atoms with Gasteiger partial charge in [0, 0.05) is 24.8 Å². The van der Waals surface area contributed by atoms with Crippen molar-refractivity contribution in [3.8, 4) is 0 Å². The van der Waals surface area contributed by atoms with Gasteiger partial charge in [0.15, 0.2) is 0 Å². The quantitative estimate of drug-likeness (QED) is 0.747. The minimum Gasteiger partial charge on any atom is -0.480 e. The van der Waals surface area contributed by atoms with E-state index in [-0.39, 0.29) is 12.4 Å². The van der Waals surface area contributed by atoms with Crippen LogP contribution < -0.4 is 0 Å². The number of aliphatic carboxylic acids is 1. The van der Waals surface area contributed by atoms with Crippen molar-refractivity contribution >= 4 is 41.6 Å². The van der Waals surface area contributed by atoms with E-state index in [1.54, 1.807) is 0 Å². The van der Waals surface area contributed by atoms with Crippen molar-refractivity contribution in [2.24, 2.45) is 0 Å². The molecule has 1 N–H and O–H groups in total. The predicted molar refractivity (Wildman–Crippen MR) is 81.8 cm³/mol. The third-order valence-corrected chi connectivity index (χ3v) is 3.08. The molecule has 3 nitrogen and oxygen atoms in total. The van der Waals surface area contributed by atoms with Crippen LogP contribution in [0.4, 0.5) is 0 Å². The van der Waals surface area contributed by atoms with Crippen LogP contribution >= 0.6 is 35.6 Å². The maximum atomic E-state index is 11.4. The van der Waals surface area contributed by atoms with Crippen molar-refractivity contribution in [3.63, 3.8) is 0 Å². The summed E-state index contributed by atoms with van der Waals surface area (Å²) in [6.07, 6.45) is 0.462. The highest BCUT2D eigenvalue weighted by atomic mass is 35.5. The molecule has 0 fully saturated rings. The van der Waals surface area contributed by atoms with Gasteiger partial charge in [0.25, 0.3) is 0 Å². The van der Waals surface area contributed by atoms with Gasteiger partial charge >= 0.3 is 5.97 Å². The first-order valence-corrected chi connectivity index (χ1v) is 6.88. The molecule has 1 aromatic rings. The van der Waals surface area contributed by atoms with Crippen molar-refractivity contribution < 1.29 is 9.90 Å². The van der Waals surface area contributed by atoms with E-state index in [9.17, 15) is 9.90 Å². The standard InChI is InChI=1S/C13H17Cl2NO2.ClH/c14-6-8-16(9-7-15)12(13(17)18)10-11-4-2-1-3-5-11;/h1-5,12H,6-10H2,(H,17,18);1H. The fourth-order valence-electron chi connectivity index (χ4n) is 1.85. The number of nitrogens with zero attached hydrogens (tertiary/aromatic N) is 1. The zero-order valence-electron chi connectivity index (χ0n) is 10.5. The predicted octanol–water partition coefficient (Wildman–Crippen LogP) is 2.88. The first-order valence-electron chi connectivity index (χ1n) is 5.81. The lowest BCUT2D eigenvalue weighted by Gasteiger charge is -2.27. The van der Waals surface area contributed by atoms with Gasteiger partial charge in [0.2, 0.25) is 0 Å². The largest absolute Gasteiger partial charge is 0.480 e. The Morgan fingerprint density at radius 3 is 2.11 bits per heavy atom. The summed E-state index contributed by atoms with van der Waals surface area (Å²) in [6, 6.07) is 8.99. The molecule has 1 rings (SSSR count). The molecule has 0 radical (unpaired) electrons. The Hall–Kier alpha value is -0.480. The number of carboxylic acid groups (broad SMARTS) is 1. The third-order valence-electron chi connectivity index (χ3n) is 2.74. The maximum Gasteiger partial charge on any atom is 0.321 e. The molecule has 0 aliphatic heterocycles. The number of carbonyl (C=O) groups is 1. The summed E-state index contributed by atoms with van der Waals surface area (Å²) >= 11 is 11.4. The number of hydrogen-bond donors (Lipinski definition) is 1. The Morgan fingerprint density at radius 1 is 1.16 bits per heavy atom. The third kappa shape index (κ3) is 6.48. The first-order chi connectivity index (χ1) is 8.69. The fourth-order valence-corrected chi connectivity index (χ4v) is 2.28. The van der Waals surface area contributed by atoms with Gasteiger partial charge in [-0.3, -0.25) is 9.69 Å². The van der Waals surface area contributed by atoms with Gasteiger partial charge in [-0.15, -0.1) is 35.6 Å². The SMILES string of the molecule is Cl.O=C(O)C(Cc1ccccc1)N(CCCl)CCCl. The molecule has 0 aliphatic carbocycles. The van der Waals surface area contributed by atoms with Gasteiger partial charge in [0.1, 0.15) is 6.04 Å². The number of halogens is 3. The van der Waals surface area contributed by atoms with E-state index in [0.29, 0.717) is 31.3 Å². The van der Waals surface area contributed by atoms with Crippen LogP contribution in [-0.2, 0) is 11.2 Å². The molecule has 0 aliphatic rings. The van der Waals surface area contributed by atoms with Crippen LogP contribution in [0.1, 0.15) is 5.56 Å². The van der Waals surface area contributed by atoms with Gasteiger partial charge < -0.3 is 5.11 Å². The molecule has 0 spiro atoms. The summed E-state index contributed by atoms with van der Waals surface area (Å²) in [7, 11) is 0. The van der Waals surface area contributed by atoms with E-state index in [0.717, 1.165) is 5.56 Å². The van der Waals surface area contributed by atoms with Gasteiger partial charge in [-0.2, -0.15) is 0 Å². The van der Waals surface area contributed by atoms with E-state index in [4.69, 9.17) is 23.2 Å². The lowest BCUT2D eigenvalue weighted by molar-refractivity contribution is -0.143. The lowest BCUT2D eigenvalue weighted by Crippen LogP contribution is -2.44. The molecule has 1 atom stereocenters. The molecular weight excluding hydrogens is 309 g/mol. The highest BCUT2D eigenvalue weighted by Gasteiger charge is 2.24. The Balaban J connectivity index is 0.00000324. The zero-order chi connectivity index (χ0) is 13.4. The fraction of sp³-hybridized carbons (Fsp3) is 0.462. The lowest BCUT2D eigenvalue weighted by atomic mass is 10.0. The van der Waals surface area contributed by atoms with Crippen LogP contribution in [-0.4, -0.2) is 46.9 Å². The second kappa shape index (κ2) is 10.3. The topological polar surface area (TPSA) is 40.5 Å². The van der Waals surface area contributed by atoms with Crippen LogP contribution in [0.25, 0.3) is 0 Å². The summed E-state index contributed by atoms with van der Waals surface area (Å²) in [5.74, 6) is -0.0423. The molecule has 0 saturated heterocycles. The Kier molecular flexibility index (Phi) is 10.1. The second-order valence-electron chi connectivity index (χ2n) is 3.96. The molecular formula is C13H18Cl3NO2. The van der Waals surface area contributed by atoms with Gasteiger partial charge in [-0.1, -0.05) is 30.3 Å². The van der Waals surface area contributed by atoms with Crippen LogP contribution in [0.2, 0.25) is 0 Å².